The van der Waals surface area contributed by atoms with Gasteiger partial charge in [0.25, 0.3) is 5.91 Å². The first-order chi connectivity index (χ1) is 11.1. The molecule has 2 N–H and O–H groups in total. The summed E-state index contributed by atoms with van der Waals surface area (Å²) in [6.45, 7) is -0.361. The first kappa shape index (κ1) is 16.3. The highest BCUT2D eigenvalue weighted by Crippen LogP contribution is 2.00. The summed E-state index contributed by atoms with van der Waals surface area (Å²) in [6, 6.07) is 11.7. The number of hydrogen-bond donors (Lipinski definition) is 2. The topological polar surface area (TPSA) is 97.6 Å². The van der Waals surface area contributed by atoms with Crippen LogP contribution in [0.25, 0.3) is 0 Å². The molecule has 1 aromatic heterocycles. The van der Waals surface area contributed by atoms with E-state index in [1.54, 1.807) is 36.4 Å². The van der Waals surface area contributed by atoms with Gasteiger partial charge >= 0.3 is 12.0 Å². The lowest BCUT2D eigenvalue weighted by molar-refractivity contribution is -0.147. The second-order valence-electron chi connectivity index (χ2n) is 4.63. The van der Waals surface area contributed by atoms with Crippen LogP contribution in [-0.2, 0) is 27.3 Å². The van der Waals surface area contributed by atoms with E-state index < -0.39 is 24.5 Å². The minimum atomic E-state index is -0.705. The van der Waals surface area contributed by atoms with Crippen molar-refractivity contribution in [2.75, 3.05) is 6.61 Å². The Morgan fingerprint density at radius 3 is 2.52 bits per heavy atom. The highest BCUT2D eigenvalue weighted by Gasteiger charge is 2.11. The Hall–Kier alpha value is -3.09. The number of furan rings is 1. The van der Waals surface area contributed by atoms with Crippen molar-refractivity contribution in [3.63, 3.8) is 0 Å². The van der Waals surface area contributed by atoms with Gasteiger partial charge in [-0.05, 0) is 17.7 Å². The van der Waals surface area contributed by atoms with Crippen LogP contribution in [0.15, 0.2) is 53.1 Å². The van der Waals surface area contributed by atoms with Crippen LogP contribution >= 0.6 is 0 Å². The van der Waals surface area contributed by atoms with Crippen LogP contribution in [-0.4, -0.2) is 24.5 Å². The molecular formula is C16H16N2O5. The lowest BCUT2D eigenvalue weighted by Crippen LogP contribution is -2.41. The number of esters is 1. The smallest absolute Gasteiger partial charge is 0.321 e. The van der Waals surface area contributed by atoms with E-state index in [9.17, 15) is 14.4 Å². The van der Waals surface area contributed by atoms with Gasteiger partial charge in [0.1, 0.15) is 5.76 Å². The first-order valence-electron chi connectivity index (χ1n) is 6.93. The summed E-state index contributed by atoms with van der Waals surface area (Å²) in [4.78, 5) is 34.5. The molecule has 7 nitrogen and oxygen atoms in total. The first-order valence-corrected chi connectivity index (χ1v) is 6.93. The van der Waals surface area contributed by atoms with Crippen LogP contribution in [0.1, 0.15) is 11.3 Å². The highest BCUT2D eigenvalue weighted by molar-refractivity contribution is 5.95. The summed E-state index contributed by atoms with van der Waals surface area (Å²) in [5.74, 6) is -0.687. The average molecular weight is 316 g/mol. The van der Waals surface area contributed by atoms with E-state index in [4.69, 9.17) is 9.15 Å². The monoisotopic (exact) mass is 316 g/mol. The molecule has 3 amide bonds. The minimum Gasteiger partial charge on any atom is -0.467 e. The summed E-state index contributed by atoms with van der Waals surface area (Å²) in [5, 5.41) is 4.49. The van der Waals surface area contributed by atoms with Crippen LogP contribution in [0, 0.1) is 0 Å². The SMILES string of the molecule is O=C(COC(=O)Cc1ccccc1)NC(=O)NCc1ccco1. The fourth-order valence-corrected chi connectivity index (χ4v) is 1.75. The van der Waals surface area contributed by atoms with Gasteiger partial charge in [-0.1, -0.05) is 30.3 Å². The quantitative estimate of drug-likeness (QED) is 0.785. The Bertz CT molecular complexity index is 652. The Morgan fingerprint density at radius 1 is 1.04 bits per heavy atom. The van der Waals surface area contributed by atoms with Gasteiger partial charge in [-0.25, -0.2) is 4.79 Å². The zero-order valence-corrected chi connectivity index (χ0v) is 12.3. The molecule has 1 aromatic carbocycles. The number of benzene rings is 1. The highest BCUT2D eigenvalue weighted by atomic mass is 16.5. The molecule has 23 heavy (non-hydrogen) atoms. The lowest BCUT2D eigenvalue weighted by Gasteiger charge is -2.06. The van der Waals surface area contributed by atoms with Gasteiger partial charge in [-0.15, -0.1) is 0 Å². The third kappa shape index (κ3) is 6.04. The number of amides is 3. The Kier molecular flexibility index (Phi) is 5.93. The van der Waals surface area contributed by atoms with Gasteiger partial charge in [0.05, 0.1) is 19.2 Å². The molecular weight excluding hydrogens is 300 g/mol. The van der Waals surface area contributed by atoms with Crippen molar-refractivity contribution < 1.29 is 23.5 Å². The molecule has 1 heterocycles. The molecule has 0 aliphatic carbocycles. The van der Waals surface area contributed by atoms with Crippen LogP contribution < -0.4 is 10.6 Å². The molecule has 7 heteroatoms. The molecule has 0 aliphatic rings. The predicted octanol–water partition coefficient (Wildman–Crippen LogP) is 1.39. The number of carbonyl (C=O) groups is 3. The van der Waals surface area contributed by atoms with Crippen LogP contribution in [0.4, 0.5) is 4.79 Å². The molecule has 0 saturated heterocycles. The third-order valence-electron chi connectivity index (χ3n) is 2.81. The molecule has 0 aliphatic heterocycles. The van der Waals surface area contributed by atoms with Crippen LogP contribution in [0.2, 0.25) is 0 Å². The Balaban J connectivity index is 1.64. The van der Waals surface area contributed by atoms with E-state index >= 15 is 0 Å². The van der Waals surface area contributed by atoms with E-state index in [1.807, 2.05) is 6.07 Å². The molecule has 0 atom stereocenters. The summed E-state index contributed by atoms with van der Waals surface area (Å²) in [5.41, 5.74) is 0.786. The molecule has 0 unspecified atom stereocenters. The number of rotatable bonds is 6. The van der Waals surface area contributed by atoms with Gasteiger partial charge in [0.15, 0.2) is 6.61 Å². The van der Waals surface area contributed by atoms with Crippen molar-refractivity contribution in [2.45, 2.75) is 13.0 Å². The maximum atomic E-state index is 11.6. The number of nitrogens with one attached hydrogen (secondary N) is 2. The van der Waals surface area contributed by atoms with E-state index in [1.165, 1.54) is 6.26 Å². The molecule has 2 aromatic rings. The maximum absolute atomic E-state index is 11.6. The summed E-state index contributed by atoms with van der Waals surface area (Å²) in [6.07, 6.45) is 1.55. The zero-order chi connectivity index (χ0) is 16.5. The number of imide groups is 1. The van der Waals surface area contributed by atoms with Gasteiger partial charge in [0.2, 0.25) is 0 Å². The Labute approximate surface area is 132 Å². The summed E-state index contributed by atoms with van der Waals surface area (Å²) < 4.78 is 9.84. The molecule has 0 bridgehead atoms. The van der Waals surface area contributed by atoms with Crippen molar-refractivity contribution in [1.29, 1.82) is 0 Å². The molecule has 0 saturated carbocycles. The third-order valence-corrected chi connectivity index (χ3v) is 2.81. The fourth-order valence-electron chi connectivity index (χ4n) is 1.75. The van der Waals surface area contributed by atoms with Gasteiger partial charge in [-0.2, -0.15) is 0 Å². The van der Waals surface area contributed by atoms with Gasteiger partial charge in [0, 0.05) is 0 Å². The van der Waals surface area contributed by atoms with E-state index in [-0.39, 0.29) is 13.0 Å². The summed E-state index contributed by atoms with van der Waals surface area (Å²) >= 11 is 0. The van der Waals surface area contributed by atoms with Crippen molar-refractivity contribution in [2.24, 2.45) is 0 Å². The average Bonchev–Trinajstić information content (AvgIpc) is 3.05. The summed E-state index contributed by atoms with van der Waals surface area (Å²) in [7, 11) is 0. The number of urea groups is 1. The second-order valence-corrected chi connectivity index (χ2v) is 4.63. The van der Waals surface area contributed by atoms with Crippen molar-refractivity contribution in [3.8, 4) is 0 Å². The number of carbonyl (C=O) groups excluding carboxylic acids is 3. The van der Waals surface area contributed by atoms with Gasteiger partial charge < -0.3 is 14.5 Å². The van der Waals surface area contributed by atoms with Crippen LogP contribution in [0.3, 0.4) is 0 Å². The Morgan fingerprint density at radius 2 is 1.83 bits per heavy atom. The zero-order valence-electron chi connectivity index (χ0n) is 12.3. The lowest BCUT2D eigenvalue weighted by atomic mass is 10.2. The molecule has 0 fully saturated rings. The molecule has 0 radical (unpaired) electrons. The number of ether oxygens (including phenoxy) is 1. The minimum absolute atomic E-state index is 0.0683. The van der Waals surface area contributed by atoms with E-state index in [0.717, 1.165) is 5.56 Å². The van der Waals surface area contributed by atoms with E-state index in [0.29, 0.717) is 5.76 Å². The standard InChI is InChI=1S/C16H16N2O5/c19-14(18-16(21)17-10-13-7-4-8-22-13)11-23-15(20)9-12-5-2-1-3-6-12/h1-8H,9-11H2,(H2,17,18,19,21). The van der Waals surface area contributed by atoms with Crippen molar-refractivity contribution >= 4 is 17.9 Å². The predicted molar refractivity (Wildman–Crippen MR) is 80.2 cm³/mol. The van der Waals surface area contributed by atoms with Crippen LogP contribution in [0.5, 0.6) is 0 Å². The largest absolute Gasteiger partial charge is 0.467 e. The molecule has 2 rings (SSSR count). The fraction of sp³-hybridized carbons (Fsp3) is 0.188. The normalized spacial score (nSPS) is 9.91. The molecule has 0 spiro atoms. The second kappa shape index (κ2) is 8.38. The maximum Gasteiger partial charge on any atom is 0.321 e. The van der Waals surface area contributed by atoms with E-state index in [2.05, 4.69) is 10.6 Å². The number of hydrogen-bond acceptors (Lipinski definition) is 5. The van der Waals surface area contributed by atoms with Crippen molar-refractivity contribution in [3.05, 3.63) is 60.1 Å². The van der Waals surface area contributed by atoms with Gasteiger partial charge in [-0.3, -0.25) is 14.9 Å². The van der Waals surface area contributed by atoms with Crippen molar-refractivity contribution in [1.82, 2.24) is 10.6 Å². The molecule has 120 valence electrons.